The largest absolute Gasteiger partial charge is 0.481 e. The number of hydrogen-bond donors (Lipinski definition) is 2. The van der Waals surface area contributed by atoms with E-state index in [0.717, 1.165) is 5.56 Å². The fourth-order valence-electron chi connectivity index (χ4n) is 1.85. The fraction of sp³-hybridized carbons (Fsp3) is 0.429. The average Bonchev–Trinajstić information content (AvgIpc) is 2.19. The predicted molar refractivity (Wildman–Crippen MR) is 75.4 cm³/mol. The molecule has 5 heteroatoms. The molecule has 0 heterocycles. The van der Waals surface area contributed by atoms with Gasteiger partial charge >= 0.3 is 5.97 Å². The van der Waals surface area contributed by atoms with Gasteiger partial charge in [0, 0.05) is 10.7 Å². The van der Waals surface area contributed by atoms with Crippen LogP contribution >= 0.6 is 11.6 Å². The minimum atomic E-state index is -1.13. The lowest BCUT2D eigenvalue weighted by atomic mass is 9.80. The SMILES string of the molecule is Cc1cc(Cl)ccc1NC(=O)C(C(=O)O)C(C)(C)C. The molecule has 0 bridgehead atoms. The molecular weight excluding hydrogens is 266 g/mol. The Bertz CT molecular complexity index is 506. The lowest BCUT2D eigenvalue weighted by Crippen LogP contribution is -2.39. The van der Waals surface area contributed by atoms with Crippen LogP contribution in [0.3, 0.4) is 0 Å². The normalized spacial score (nSPS) is 12.9. The maximum absolute atomic E-state index is 12.1. The third kappa shape index (κ3) is 3.96. The smallest absolute Gasteiger partial charge is 0.316 e. The molecule has 0 spiro atoms. The van der Waals surface area contributed by atoms with Crippen LogP contribution in [0.2, 0.25) is 5.02 Å². The summed E-state index contributed by atoms with van der Waals surface area (Å²) in [6.07, 6.45) is 0. The molecule has 1 aromatic rings. The third-order valence-corrected chi connectivity index (χ3v) is 3.06. The van der Waals surface area contributed by atoms with Gasteiger partial charge in [0.25, 0.3) is 0 Å². The van der Waals surface area contributed by atoms with Gasteiger partial charge in [0.2, 0.25) is 5.91 Å². The molecule has 1 amide bonds. The van der Waals surface area contributed by atoms with E-state index in [1.807, 2.05) is 0 Å². The molecule has 0 aliphatic rings. The van der Waals surface area contributed by atoms with Crippen molar-refractivity contribution in [2.24, 2.45) is 11.3 Å². The first-order valence-corrected chi connectivity index (χ1v) is 6.30. The number of aliphatic carboxylic acids is 1. The van der Waals surface area contributed by atoms with Crippen molar-refractivity contribution in [2.75, 3.05) is 5.32 Å². The van der Waals surface area contributed by atoms with Gasteiger partial charge in [0.05, 0.1) is 0 Å². The zero-order valence-electron chi connectivity index (χ0n) is 11.5. The van der Waals surface area contributed by atoms with Crippen molar-refractivity contribution >= 4 is 29.2 Å². The summed E-state index contributed by atoms with van der Waals surface area (Å²) in [5, 5.41) is 12.4. The van der Waals surface area contributed by atoms with Crippen LogP contribution in [0.15, 0.2) is 18.2 Å². The maximum atomic E-state index is 12.1. The molecule has 0 radical (unpaired) electrons. The van der Waals surface area contributed by atoms with Crippen LogP contribution in [-0.4, -0.2) is 17.0 Å². The van der Waals surface area contributed by atoms with E-state index in [2.05, 4.69) is 5.32 Å². The van der Waals surface area contributed by atoms with Gasteiger partial charge in [-0.05, 0) is 36.1 Å². The second-order valence-electron chi connectivity index (χ2n) is 5.59. The zero-order valence-corrected chi connectivity index (χ0v) is 12.2. The Morgan fingerprint density at radius 3 is 2.32 bits per heavy atom. The molecule has 0 saturated heterocycles. The number of carbonyl (C=O) groups excluding carboxylic acids is 1. The molecule has 1 unspecified atom stereocenters. The number of carboxylic acid groups (broad SMARTS) is 1. The van der Waals surface area contributed by atoms with Crippen molar-refractivity contribution in [3.63, 3.8) is 0 Å². The van der Waals surface area contributed by atoms with E-state index in [1.54, 1.807) is 45.9 Å². The maximum Gasteiger partial charge on any atom is 0.316 e. The zero-order chi connectivity index (χ0) is 14.8. The highest BCUT2D eigenvalue weighted by Crippen LogP contribution is 2.28. The van der Waals surface area contributed by atoms with Crippen molar-refractivity contribution in [1.29, 1.82) is 0 Å². The first-order chi connectivity index (χ1) is 8.62. The number of aryl methyl sites for hydroxylation is 1. The highest BCUT2D eigenvalue weighted by Gasteiger charge is 2.37. The van der Waals surface area contributed by atoms with Crippen LogP contribution in [0.5, 0.6) is 0 Å². The fourth-order valence-corrected chi connectivity index (χ4v) is 2.07. The van der Waals surface area contributed by atoms with Crippen LogP contribution < -0.4 is 5.32 Å². The minimum absolute atomic E-state index is 0.523. The van der Waals surface area contributed by atoms with E-state index in [4.69, 9.17) is 11.6 Å². The van der Waals surface area contributed by atoms with Crippen LogP contribution in [-0.2, 0) is 9.59 Å². The van der Waals surface area contributed by atoms with E-state index in [-0.39, 0.29) is 0 Å². The van der Waals surface area contributed by atoms with Gasteiger partial charge in [-0.3, -0.25) is 9.59 Å². The van der Waals surface area contributed by atoms with Crippen molar-refractivity contribution in [3.05, 3.63) is 28.8 Å². The monoisotopic (exact) mass is 283 g/mol. The first-order valence-electron chi connectivity index (χ1n) is 5.92. The topological polar surface area (TPSA) is 66.4 Å². The predicted octanol–water partition coefficient (Wildman–Crippen LogP) is 3.33. The van der Waals surface area contributed by atoms with E-state index in [9.17, 15) is 14.7 Å². The lowest BCUT2D eigenvalue weighted by molar-refractivity contribution is -0.149. The van der Waals surface area contributed by atoms with Gasteiger partial charge in [-0.1, -0.05) is 32.4 Å². The van der Waals surface area contributed by atoms with Gasteiger partial charge in [0.1, 0.15) is 5.92 Å². The van der Waals surface area contributed by atoms with Crippen LogP contribution in [0, 0.1) is 18.3 Å². The Hall–Kier alpha value is -1.55. The molecule has 2 N–H and O–H groups in total. The first kappa shape index (κ1) is 15.5. The van der Waals surface area contributed by atoms with Gasteiger partial charge < -0.3 is 10.4 Å². The summed E-state index contributed by atoms with van der Waals surface area (Å²) in [5.74, 6) is -2.76. The quantitative estimate of drug-likeness (QED) is 0.836. The molecular formula is C14H18ClNO3. The van der Waals surface area contributed by atoms with Crippen LogP contribution in [0.1, 0.15) is 26.3 Å². The number of hydrogen-bond acceptors (Lipinski definition) is 2. The molecule has 1 atom stereocenters. The standard InChI is InChI=1S/C14H18ClNO3/c1-8-7-9(15)5-6-10(8)16-12(17)11(13(18)19)14(2,3)4/h5-7,11H,1-4H3,(H,16,17)(H,18,19). The van der Waals surface area contributed by atoms with E-state index in [0.29, 0.717) is 10.7 Å². The second kappa shape index (κ2) is 5.61. The number of rotatable bonds is 3. The van der Waals surface area contributed by atoms with Crippen molar-refractivity contribution in [3.8, 4) is 0 Å². The van der Waals surface area contributed by atoms with Crippen LogP contribution in [0.4, 0.5) is 5.69 Å². The highest BCUT2D eigenvalue weighted by atomic mass is 35.5. The number of carbonyl (C=O) groups is 2. The number of benzene rings is 1. The third-order valence-electron chi connectivity index (χ3n) is 2.82. The molecule has 4 nitrogen and oxygen atoms in total. The number of carboxylic acids is 1. The molecule has 1 rings (SSSR count). The highest BCUT2D eigenvalue weighted by molar-refractivity contribution is 6.30. The summed E-state index contributed by atoms with van der Waals surface area (Å²) in [6.45, 7) is 6.97. The van der Waals surface area contributed by atoms with Crippen molar-refractivity contribution in [1.82, 2.24) is 0 Å². The molecule has 0 fully saturated rings. The van der Waals surface area contributed by atoms with Crippen molar-refractivity contribution < 1.29 is 14.7 Å². The lowest BCUT2D eigenvalue weighted by Gasteiger charge is -2.26. The molecule has 1 aromatic carbocycles. The number of nitrogens with one attached hydrogen (secondary N) is 1. The van der Waals surface area contributed by atoms with Crippen LogP contribution in [0.25, 0.3) is 0 Å². The molecule has 0 aliphatic heterocycles. The average molecular weight is 284 g/mol. The Morgan fingerprint density at radius 1 is 1.32 bits per heavy atom. The number of halogens is 1. The number of anilines is 1. The molecule has 0 aromatic heterocycles. The Kier molecular flexibility index (Phi) is 4.58. The molecule has 0 aliphatic carbocycles. The Balaban J connectivity index is 2.97. The summed E-state index contributed by atoms with van der Waals surface area (Å²) in [5.41, 5.74) is 0.708. The van der Waals surface area contributed by atoms with Gasteiger partial charge in [-0.25, -0.2) is 0 Å². The number of amides is 1. The van der Waals surface area contributed by atoms with Gasteiger partial charge in [0.15, 0.2) is 0 Å². The second-order valence-corrected chi connectivity index (χ2v) is 6.02. The van der Waals surface area contributed by atoms with Crippen molar-refractivity contribution in [2.45, 2.75) is 27.7 Å². The Labute approximate surface area is 117 Å². The summed E-state index contributed by atoms with van der Waals surface area (Å²) in [6, 6.07) is 5.03. The molecule has 19 heavy (non-hydrogen) atoms. The minimum Gasteiger partial charge on any atom is -0.481 e. The molecule has 0 saturated carbocycles. The van der Waals surface area contributed by atoms with E-state index < -0.39 is 23.2 Å². The Morgan fingerprint density at radius 2 is 1.89 bits per heavy atom. The summed E-state index contributed by atoms with van der Waals surface area (Å²) in [4.78, 5) is 23.3. The van der Waals surface area contributed by atoms with E-state index >= 15 is 0 Å². The summed E-state index contributed by atoms with van der Waals surface area (Å²) >= 11 is 5.83. The van der Waals surface area contributed by atoms with E-state index in [1.165, 1.54) is 0 Å². The summed E-state index contributed by atoms with van der Waals surface area (Å²) in [7, 11) is 0. The molecule has 104 valence electrons. The summed E-state index contributed by atoms with van der Waals surface area (Å²) < 4.78 is 0. The van der Waals surface area contributed by atoms with Gasteiger partial charge in [-0.2, -0.15) is 0 Å². The van der Waals surface area contributed by atoms with Gasteiger partial charge in [-0.15, -0.1) is 0 Å².